The summed E-state index contributed by atoms with van der Waals surface area (Å²) in [6.45, 7) is 1.53. The molecule has 0 saturated carbocycles. The maximum atomic E-state index is 12.6. The summed E-state index contributed by atoms with van der Waals surface area (Å²) >= 11 is 0. The molecule has 3 aromatic carbocycles. The predicted octanol–water partition coefficient (Wildman–Crippen LogP) is 3.67. The SMILES string of the molecule is CC(=O)NC1C(Oc2ccc(C(=O)/C=C/c3ccccc3)cc2)OC2COC(c3ccccc3)OC2C1O. The van der Waals surface area contributed by atoms with Gasteiger partial charge in [-0.25, -0.2) is 0 Å². The molecule has 2 N–H and O–H groups in total. The van der Waals surface area contributed by atoms with Crippen molar-refractivity contribution in [2.75, 3.05) is 6.61 Å². The van der Waals surface area contributed by atoms with E-state index in [1.807, 2.05) is 60.7 Å². The van der Waals surface area contributed by atoms with Gasteiger partial charge in [-0.15, -0.1) is 0 Å². The van der Waals surface area contributed by atoms with Crippen LogP contribution in [0, 0.1) is 0 Å². The highest BCUT2D eigenvalue weighted by molar-refractivity contribution is 6.06. The van der Waals surface area contributed by atoms with Crippen molar-refractivity contribution in [2.24, 2.45) is 0 Å². The van der Waals surface area contributed by atoms with Gasteiger partial charge in [0.25, 0.3) is 0 Å². The van der Waals surface area contributed by atoms with Crippen molar-refractivity contribution in [3.8, 4) is 5.75 Å². The Hall–Kier alpha value is -3.82. The first-order valence-electron chi connectivity index (χ1n) is 12.4. The lowest BCUT2D eigenvalue weighted by Crippen LogP contribution is -2.67. The van der Waals surface area contributed by atoms with Crippen molar-refractivity contribution >= 4 is 17.8 Å². The number of rotatable bonds is 7. The van der Waals surface area contributed by atoms with E-state index in [4.69, 9.17) is 18.9 Å². The molecule has 0 radical (unpaired) electrons. The normalized spacial score (nSPS) is 26.9. The van der Waals surface area contributed by atoms with Crippen molar-refractivity contribution < 1.29 is 33.6 Å². The summed E-state index contributed by atoms with van der Waals surface area (Å²) in [7, 11) is 0. The van der Waals surface area contributed by atoms with Crippen LogP contribution in [0.3, 0.4) is 0 Å². The summed E-state index contributed by atoms with van der Waals surface area (Å²) in [5.74, 6) is -0.0740. The zero-order valence-electron chi connectivity index (χ0n) is 20.8. The van der Waals surface area contributed by atoms with E-state index in [2.05, 4.69) is 5.32 Å². The Morgan fingerprint density at radius 1 is 0.947 bits per heavy atom. The first-order chi connectivity index (χ1) is 18.5. The largest absolute Gasteiger partial charge is 0.463 e. The molecule has 2 heterocycles. The number of nitrogens with one attached hydrogen (secondary N) is 1. The number of ether oxygens (including phenoxy) is 4. The third-order valence-electron chi connectivity index (χ3n) is 6.43. The second kappa shape index (κ2) is 11.7. The van der Waals surface area contributed by atoms with Crippen LogP contribution < -0.4 is 10.1 Å². The van der Waals surface area contributed by atoms with E-state index in [9.17, 15) is 14.7 Å². The summed E-state index contributed by atoms with van der Waals surface area (Å²) in [5, 5.41) is 13.9. The number of aliphatic hydroxyl groups is 1. The number of allylic oxidation sites excluding steroid dienone is 1. The van der Waals surface area contributed by atoms with Crippen molar-refractivity contribution in [3.63, 3.8) is 0 Å². The Morgan fingerprint density at radius 2 is 1.63 bits per heavy atom. The van der Waals surface area contributed by atoms with Crippen LogP contribution in [-0.4, -0.2) is 54.0 Å². The highest BCUT2D eigenvalue weighted by Crippen LogP contribution is 2.34. The first kappa shape index (κ1) is 25.8. The number of hydrogen-bond donors (Lipinski definition) is 2. The van der Waals surface area contributed by atoms with Crippen molar-refractivity contribution in [2.45, 2.75) is 43.9 Å². The van der Waals surface area contributed by atoms with Gasteiger partial charge in [-0.1, -0.05) is 66.7 Å². The lowest BCUT2D eigenvalue weighted by atomic mass is 9.95. The smallest absolute Gasteiger partial charge is 0.223 e. The van der Waals surface area contributed by atoms with Gasteiger partial charge in [-0.05, 0) is 35.9 Å². The van der Waals surface area contributed by atoms with Crippen LogP contribution in [0.1, 0.15) is 34.7 Å². The molecule has 8 heteroatoms. The molecule has 2 aliphatic rings. The zero-order chi connectivity index (χ0) is 26.5. The summed E-state index contributed by atoms with van der Waals surface area (Å²) < 4.78 is 24.0. The summed E-state index contributed by atoms with van der Waals surface area (Å²) in [5.41, 5.74) is 2.25. The molecule has 38 heavy (non-hydrogen) atoms. The Morgan fingerprint density at radius 3 is 2.32 bits per heavy atom. The van der Waals surface area contributed by atoms with Gasteiger partial charge in [-0.3, -0.25) is 9.59 Å². The van der Waals surface area contributed by atoms with Crippen LogP contribution in [0.4, 0.5) is 0 Å². The molecular formula is C30H29NO7. The van der Waals surface area contributed by atoms with Gasteiger partial charge >= 0.3 is 0 Å². The number of fused-ring (bicyclic) bond motifs is 1. The Bertz CT molecular complexity index is 1260. The van der Waals surface area contributed by atoms with Crippen molar-refractivity contribution in [1.82, 2.24) is 5.32 Å². The maximum Gasteiger partial charge on any atom is 0.223 e. The molecule has 2 aliphatic heterocycles. The highest BCUT2D eigenvalue weighted by Gasteiger charge is 2.50. The molecule has 2 saturated heterocycles. The lowest BCUT2D eigenvalue weighted by Gasteiger charge is -2.47. The van der Waals surface area contributed by atoms with Gasteiger partial charge in [0.2, 0.25) is 12.2 Å². The molecule has 0 spiro atoms. The molecule has 3 aromatic rings. The van der Waals surface area contributed by atoms with E-state index in [1.165, 1.54) is 13.0 Å². The fourth-order valence-corrected chi connectivity index (χ4v) is 4.52. The van der Waals surface area contributed by atoms with E-state index < -0.39 is 36.9 Å². The average Bonchev–Trinajstić information content (AvgIpc) is 2.95. The van der Waals surface area contributed by atoms with Crippen LogP contribution in [0.2, 0.25) is 0 Å². The van der Waals surface area contributed by atoms with Crippen LogP contribution in [0.15, 0.2) is 91.0 Å². The third kappa shape index (κ3) is 6.00. The number of carbonyl (C=O) groups is 2. The second-order valence-electron chi connectivity index (χ2n) is 9.19. The molecule has 0 aliphatic carbocycles. The van der Waals surface area contributed by atoms with Crippen molar-refractivity contribution in [1.29, 1.82) is 0 Å². The van der Waals surface area contributed by atoms with E-state index in [0.717, 1.165) is 11.1 Å². The van der Waals surface area contributed by atoms with E-state index in [-0.39, 0.29) is 18.3 Å². The topological polar surface area (TPSA) is 103 Å². The number of ketones is 1. The van der Waals surface area contributed by atoms with Gasteiger partial charge in [0.1, 0.15) is 30.1 Å². The monoisotopic (exact) mass is 515 g/mol. The summed E-state index contributed by atoms with van der Waals surface area (Å²) in [6, 6.07) is 24.7. The maximum absolute atomic E-state index is 12.6. The van der Waals surface area contributed by atoms with E-state index in [0.29, 0.717) is 11.3 Å². The highest BCUT2D eigenvalue weighted by atomic mass is 16.7. The first-order valence-corrected chi connectivity index (χ1v) is 12.4. The molecule has 6 unspecified atom stereocenters. The number of amides is 1. The van der Waals surface area contributed by atoms with Gasteiger partial charge in [-0.2, -0.15) is 0 Å². The molecule has 1 amide bonds. The van der Waals surface area contributed by atoms with Gasteiger partial charge < -0.3 is 29.4 Å². The van der Waals surface area contributed by atoms with Gasteiger partial charge in [0, 0.05) is 18.1 Å². The number of benzene rings is 3. The zero-order valence-corrected chi connectivity index (χ0v) is 20.8. The van der Waals surface area contributed by atoms with Crippen LogP contribution in [-0.2, 0) is 19.0 Å². The Balaban J connectivity index is 1.27. The number of hydrogen-bond acceptors (Lipinski definition) is 7. The molecule has 2 fully saturated rings. The summed E-state index contributed by atoms with van der Waals surface area (Å²) in [4.78, 5) is 24.5. The molecule has 8 nitrogen and oxygen atoms in total. The second-order valence-corrected chi connectivity index (χ2v) is 9.19. The predicted molar refractivity (Wildman–Crippen MR) is 139 cm³/mol. The fourth-order valence-electron chi connectivity index (χ4n) is 4.52. The molecule has 0 aromatic heterocycles. The molecule has 5 rings (SSSR count). The molecule has 196 valence electrons. The van der Waals surface area contributed by atoms with Crippen molar-refractivity contribution in [3.05, 3.63) is 108 Å². The Kier molecular flexibility index (Phi) is 7.95. The number of carbonyl (C=O) groups excluding carboxylic acids is 2. The molecule has 6 atom stereocenters. The minimum absolute atomic E-state index is 0.145. The summed E-state index contributed by atoms with van der Waals surface area (Å²) in [6.07, 6.45) is -0.838. The molecular weight excluding hydrogens is 486 g/mol. The third-order valence-corrected chi connectivity index (χ3v) is 6.43. The fraction of sp³-hybridized carbons (Fsp3) is 0.267. The van der Waals surface area contributed by atoms with Crippen LogP contribution >= 0.6 is 0 Å². The quantitative estimate of drug-likeness (QED) is 0.366. The molecule has 0 bridgehead atoms. The van der Waals surface area contributed by atoms with E-state index >= 15 is 0 Å². The van der Waals surface area contributed by atoms with Crippen LogP contribution in [0.5, 0.6) is 5.75 Å². The van der Waals surface area contributed by atoms with Crippen LogP contribution in [0.25, 0.3) is 6.08 Å². The van der Waals surface area contributed by atoms with Gasteiger partial charge in [0.05, 0.1) is 6.61 Å². The van der Waals surface area contributed by atoms with E-state index in [1.54, 1.807) is 30.3 Å². The minimum Gasteiger partial charge on any atom is -0.463 e. The average molecular weight is 516 g/mol. The number of aliphatic hydroxyl groups excluding tert-OH is 1. The minimum atomic E-state index is -1.11. The Labute approximate surface area is 220 Å². The standard InChI is InChI=1S/C30H29NO7/c1-19(32)31-26-27(34)28-25(18-35-29(38-28)22-10-6-3-7-11-22)37-30(26)36-23-15-13-21(14-16-23)24(33)17-12-20-8-4-2-5-9-20/h2-17,25-30,34H,18H2,1H3,(H,31,32)/b17-12+. The lowest BCUT2D eigenvalue weighted by molar-refractivity contribution is -0.333. The van der Waals surface area contributed by atoms with Gasteiger partial charge in [0.15, 0.2) is 12.1 Å².